The van der Waals surface area contributed by atoms with Crippen LogP contribution in [-0.2, 0) is 22.5 Å². The van der Waals surface area contributed by atoms with Crippen molar-refractivity contribution in [3.63, 3.8) is 0 Å². The number of aromatic nitrogens is 2. The molecule has 8 nitrogen and oxygen atoms in total. The molecular formula is C26H29N5O3. The van der Waals surface area contributed by atoms with Crippen molar-refractivity contribution in [2.24, 2.45) is 0 Å². The van der Waals surface area contributed by atoms with Crippen molar-refractivity contribution in [2.75, 3.05) is 56.4 Å². The summed E-state index contributed by atoms with van der Waals surface area (Å²) in [5, 5.41) is 2.32. The SMILES string of the molecule is C=CC(=O)N1CCN(c2ncnc3c2CCN(c2cc(OCOC)cc4ccccc24)C3)CC1. The van der Waals surface area contributed by atoms with Crippen molar-refractivity contribution in [3.05, 3.63) is 66.6 Å². The van der Waals surface area contributed by atoms with Gasteiger partial charge in [0.25, 0.3) is 0 Å². The summed E-state index contributed by atoms with van der Waals surface area (Å²) in [7, 11) is 1.62. The first-order valence-corrected chi connectivity index (χ1v) is 11.6. The number of hydrogen-bond donors (Lipinski definition) is 0. The molecular weight excluding hydrogens is 430 g/mol. The highest BCUT2D eigenvalue weighted by atomic mass is 16.7. The summed E-state index contributed by atoms with van der Waals surface area (Å²) in [6.07, 6.45) is 3.90. The number of anilines is 2. The van der Waals surface area contributed by atoms with Crippen LogP contribution in [0.2, 0.25) is 0 Å². The Morgan fingerprint density at radius 1 is 1.09 bits per heavy atom. The highest BCUT2D eigenvalue weighted by molar-refractivity contribution is 5.95. The zero-order chi connectivity index (χ0) is 23.5. The van der Waals surface area contributed by atoms with Gasteiger partial charge in [0.1, 0.15) is 17.9 Å². The number of amides is 1. The maximum absolute atomic E-state index is 11.9. The smallest absolute Gasteiger partial charge is 0.246 e. The van der Waals surface area contributed by atoms with Crippen molar-refractivity contribution in [1.29, 1.82) is 0 Å². The van der Waals surface area contributed by atoms with Gasteiger partial charge in [0, 0.05) is 62.5 Å². The van der Waals surface area contributed by atoms with E-state index in [0.717, 1.165) is 54.4 Å². The largest absolute Gasteiger partial charge is 0.467 e. The van der Waals surface area contributed by atoms with Crippen LogP contribution in [0.25, 0.3) is 10.8 Å². The Balaban J connectivity index is 1.40. The van der Waals surface area contributed by atoms with E-state index in [2.05, 4.69) is 50.6 Å². The van der Waals surface area contributed by atoms with Gasteiger partial charge in [-0.1, -0.05) is 30.8 Å². The van der Waals surface area contributed by atoms with Crippen LogP contribution in [0.15, 0.2) is 55.4 Å². The van der Waals surface area contributed by atoms with Crippen molar-refractivity contribution in [2.45, 2.75) is 13.0 Å². The molecule has 1 fully saturated rings. The van der Waals surface area contributed by atoms with Crippen LogP contribution in [0, 0.1) is 0 Å². The van der Waals surface area contributed by atoms with Gasteiger partial charge < -0.3 is 24.2 Å². The summed E-state index contributed by atoms with van der Waals surface area (Å²) in [5.41, 5.74) is 3.39. The molecule has 0 radical (unpaired) electrons. The average molecular weight is 460 g/mol. The molecule has 5 rings (SSSR count). The van der Waals surface area contributed by atoms with E-state index in [1.165, 1.54) is 17.0 Å². The van der Waals surface area contributed by atoms with Crippen LogP contribution < -0.4 is 14.5 Å². The second kappa shape index (κ2) is 9.69. The summed E-state index contributed by atoms with van der Waals surface area (Å²) < 4.78 is 10.9. The predicted octanol–water partition coefficient (Wildman–Crippen LogP) is 3.01. The van der Waals surface area contributed by atoms with E-state index in [0.29, 0.717) is 19.6 Å². The van der Waals surface area contributed by atoms with Gasteiger partial charge in [0.2, 0.25) is 5.91 Å². The minimum atomic E-state index is -0.0102. The number of carbonyl (C=O) groups is 1. The number of rotatable bonds is 6. The molecule has 2 aliphatic heterocycles. The fourth-order valence-corrected chi connectivity index (χ4v) is 4.82. The number of ether oxygens (including phenoxy) is 2. The van der Waals surface area contributed by atoms with Crippen LogP contribution in [0.5, 0.6) is 5.75 Å². The second-order valence-electron chi connectivity index (χ2n) is 8.52. The zero-order valence-corrected chi connectivity index (χ0v) is 19.4. The Morgan fingerprint density at radius 2 is 1.91 bits per heavy atom. The van der Waals surface area contributed by atoms with E-state index >= 15 is 0 Å². The maximum atomic E-state index is 11.9. The Labute approximate surface area is 199 Å². The van der Waals surface area contributed by atoms with E-state index in [1.54, 1.807) is 13.4 Å². The summed E-state index contributed by atoms with van der Waals surface area (Å²) in [6.45, 7) is 8.25. The molecule has 1 aromatic heterocycles. The Bertz CT molecular complexity index is 1210. The fraction of sp³-hybridized carbons (Fsp3) is 0.346. The second-order valence-corrected chi connectivity index (χ2v) is 8.52. The Kier molecular flexibility index (Phi) is 6.31. The molecule has 0 saturated carbocycles. The molecule has 2 aromatic carbocycles. The van der Waals surface area contributed by atoms with Crippen LogP contribution >= 0.6 is 0 Å². The molecule has 0 aliphatic carbocycles. The van der Waals surface area contributed by atoms with Gasteiger partial charge in [0.15, 0.2) is 6.79 Å². The molecule has 3 aromatic rings. The lowest BCUT2D eigenvalue weighted by Crippen LogP contribution is -2.49. The Hall–Kier alpha value is -3.65. The van der Waals surface area contributed by atoms with Crippen molar-refractivity contribution in [1.82, 2.24) is 14.9 Å². The lowest BCUT2D eigenvalue weighted by atomic mass is 10.0. The van der Waals surface area contributed by atoms with Gasteiger partial charge in [-0.3, -0.25) is 4.79 Å². The molecule has 8 heteroatoms. The first-order valence-electron chi connectivity index (χ1n) is 11.6. The van der Waals surface area contributed by atoms with Crippen molar-refractivity contribution < 1.29 is 14.3 Å². The van der Waals surface area contributed by atoms with Crippen molar-refractivity contribution in [3.8, 4) is 5.75 Å². The minimum absolute atomic E-state index is 0.0102. The number of piperazine rings is 1. The maximum Gasteiger partial charge on any atom is 0.246 e. The molecule has 3 heterocycles. The quantitative estimate of drug-likeness (QED) is 0.415. The highest BCUT2D eigenvalue weighted by Gasteiger charge is 2.27. The van der Waals surface area contributed by atoms with Gasteiger partial charge in [-0.05, 0) is 23.9 Å². The van der Waals surface area contributed by atoms with E-state index < -0.39 is 0 Å². The van der Waals surface area contributed by atoms with E-state index in [9.17, 15) is 4.79 Å². The van der Waals surface area contributed by atoms with Crippen LogP contribution in [0.3, 0.4) is 0 Å². The van der Waals surface area contributed by atoms with Gasteiger partial charge >= 0.3 is 0 Å². The molecule has 1 amide bonds. The minimum Gasteiger partial charge on any atom is -0.467 e. The van der Waals surface area contributed by atoms with Gasteiger partial charge in [-0.15, -0.1) is 0 Å². The standard InChI is InChI=1S/C26H29N5O3/c1-3-25(32)29-10-12-30(13-11-29)26-22-8-9-31(16-23(22)27-17-28-26)24-15-20(34-18-33-2)14-19-6-4-5-7-21(19)24/h3-7,14-15,17H,1,8-13,16,18H2,2H3. The number of hydrogen-bond acceptors (Lipinski definition) is 7. The normalized spacial score (nSPS) is 15.9. The van der Waals surface area contributed by atoms with E-state index in [-0.39, 0.29) is 12.7 Å². The lowest BCUT2D eigenvalue weighted by Gasteiger charge is -2.37. The predicted molar refractivity (Wildman–Crippen MR) is 132 cm³/mol. The summed E-state index contributed by atoms with van der Waals surface area (Å²) >= 11 is 0. The number of fused-ring (bicyclic) bond motifs is 2. The summed E-state index contributed by atoms with van der Waals surface area (Å²) in [4.78, 5) is 27.7. The monoisotopic (exact) mass is 459 g/mol. The van der Waals surface area contributed by atoms with Crippen LogP contribution in [0.4, 0.5) is 11.5 Å². The van der Waals surface area contributed by atoms with Crippen LogP contribution in [0.1, 0.15) is 11.3 Å². The molecule has 1 saturated heterocycles. The summed E-state index contributed by atoms with van der Waals surface area (Å²) in [5.74, 6) is 1.78. The molecule has 0 N–H and O–H groups in total. The number of benzene rings is 2. The topological polar surface area (TPSA) is 71.0 Å². The highest BCUT2D eigenvalue weighted by Crippen LogP contribution is 2.36. The van der Waals surface area contributed by atoms with Gasteiger partial charge in [-0.2, -0.15) is 0 Å². The average Bonchev–Trinajstić information content (AvgIpc) is 2.90. The molecule has 0 atom stereocenters. The molecule has 0 bridgehead atoms. The van der Waals surface area contributed by atoms with Crippen molar-refractivity contribution >= 4 is 28.2 Å². The molecule has 0 spiro atoms. The molecule has 0 unspecified atom stereocenters. The van der Waals surface area contributed by atoms with E-state index in [1.807, 2.05) is 17.0 Å². The molecule has 2 aliphatic rings. The summed E-state index contributed by atoms with van der Waals surface area (Å²) in [6, 6.07) is 12.5. The fourth-order valence-electron chi connectivity index (χ4n) is 4.82. The molecule has 176 valence electrons. The van der Waals surface area contributed by atoms with Gasteiger partial charge in [0.05, 0.1) is 12.2 Å². The number of methoxy groups -OCH3 is 1. The Morgan fingerprint density at radius 3 is 2.71 bits per heavy atom. The van der Waals surface area contributed by atoms with Gasteiger partial charge in [-0.25, -0.2) is 9.97 Å². The molecule has 34 heavy (non-hydrogen) atoms. The van der Waals surface area contributed by atoms with Crippen LogP contribution in [-0.4, -0.2) is 67.4 Å². The number of nitrogens with zero attached hydrogens (tertiary/aromatic N) is 5. The third kappa shape index (κ3) is 4.28. The van der Waals surface area contributed by atoms with E-state index in [4.69, 9.17) is 9.47 Å². The number of carbonyl (C=O) groups excluding carboxylic acids is 1. The third-order valence-corrected chi connectivity index (χ3v) is 6.55. The lowest BCUT2D eigenvalue weighted by molar-refractivity contribution is -0.126. The third-order valence-electron chi connectivity index (χ3n) is 6.55. The first-order chi connectivity index (χ1) is 16.7. The zero-order valence-electron chi connectivity index (χ0n) is 19.4. The first kappa shape index (κ1) is 22.2.